The average Bonchev–Trinajstić information content (AvgIpc) is 3.64. The van der Waals surface area contributed by atoms with E-state index in [2.05, 4.69) is 233 Å². The molecule has 2 atom stereocenters. The molecular formula is C73H80BN3S. The summed E-state index contributed by atoms with van der Waals surface area (Å²) in [6, 6.07) is 49.9. The first-order valence-corrected chi connectivity index (χ1v) is 30.8. The van der Waals surface area contributed by atoms with Crippen LogP contribution >= 0.6 is 11.3 Å². The summed E-state index contributed by atoms with van der Waals surface area (Å²) in [7, 11) is 0. The molecule has 0 spiro atoms. The maximum absolute atomic E-state index is 2.86. The Labute approximate surface area is 470 Å². The summed E-state index contributed by atoms with van der Waals surface area (Å²) in [6.07, 6.45) is 10.7. The minimum absolute atomic E-state index is 0.00451. The molecule has 0 bridgehead atoms. The third kappa shape index (κ3) is 6.40. The molecule has 7 aliphatic rings. The fraction of sp³-hybridized carbons (Fsp3) is 0.425. The lowest BCUT2D eigenvalue weighted by Crippen LogP contribution is -2.62. The van der Waals surface area contributed by atoms with Gasteiger partial charge in [0.2, 0.25) is 0 Å². The van der Waals surface area contributed by atoms with Crippen molar-refractivity contribution in [3.05, 3.63) is 160 Å². The molecule has 4 aliphatic carbocycles. The van der Waals surface area contributed by atoms with Gasteiger partial charge in [-0.3, -0.25) is 0 Å². The molecule has 4 heterocycles. The molecule has 1 saturated carbocycles. The van der Waals surface area contributed by atoms with Crippen molar-refractivity contribution < 1.29 is 0 Å². The highest BCUT2D eigenvalue weighted by atomic mass is 32.1. The Kier molecular flexibility index (Phi) is 9.83. The molecule has 0 saturated heterocycles. The number of nitrogens with zero attached hydrogens (tertiary/aromatic N) is 3. The van der Waals surface area contributed by atoms with Gasteiger partial charge in [0, 0.05) is 65.4 Å². The van der Waals surface area contributed by atoms with Gasteiger partial charge in [0.1, 0.15) is 0 Å². The summed E-state index contributed by atoms with van der Waals surface area (Å²) in [5.41, 5.74) is 25.6. The number of anilines is 8. The number of benzene rings is 7. The summed E-state index contributed by atoms with van der Waals surface area (Å²) < 4.78 is 2.68. The maximum atomic E-state index is 2.86. The van der Waals surface area contributed by atoms with Gasteiger partial charge < -0.3 is 14.7 Å². The Morgan fingerprint density at radius 3 is 1.60 bits per heavy atom. The molecule has 78 heavy (non-hydrogen) atoms. The van der Waals surface area contributed by atoms with Crippen LogP contribution in [0.5, 0.6) is 0 Å². The lowest BCUT2D eigenvalue weighted by atomic mass is 9.33. The van der Waals surface area contributed by atoms with Crippen molar-refractivity contribution in [3.63, 3.8) is 0 Å². The van der Waals surface area contributed by atoms with Gasteiger partial charge in [0.15, 0.2) is 0 Å². The summed E-state index contributed by atoms with van der Waals surface area (Å²) >= 11 is 1.94. The number of thiophene rings is 1. The summed E-state index contributed by atoms with van der Waals surface area (Å²) in [4.78, 5) is 8.47. The molecule has 0 radical (unpaired) electrons. The van der Waals surface area contributed by atoms with E-state index in [4.69, 9.17) is 0 Å². The van der Waals surface area contributed by atoms with Gasteiger partial charge >= 0.3 is 0 Å². The standard InChI is InChI=1S/C73H80BN3S/c1-66(2)32-33-67(3,4)49-36-44(28-29-47(49)66)75-58-41-52-50(68(5,6)34-35-69(52,7)8)39-54(58)74-55-40-51-53(71(11,12)43-70(51,9)10)42-59(55)76(57-25-21-27-63-64(57)46-22-15-18-26-62(46)78-63)61-38-45(37-60(75)65(61)74)77-56-24-17-16-23-48(56)72(13)30-19-20-31-73(72,77)14/h15-18,21-29,36-42H,19-20,30-35,43H2,1-14H3. The monoisotopic (exact) mass is 1040 g/mol. The normalized spacial score (nSPS) is 24.7. The molecule has 8 aromatic rings. The van der Waals surface area contributed by atoms with E-state index >= 15 is 0 Å². The Morgan fingerprint density at radius 2 is 0.910 bits per heavy atom. The Morgan fingerprint density at radius 1 is 0.385 bits per heavy atom. The highest BCUT2D eigenvalue weighted by Crippen LogP contribution is 2.63. The van der Waals surface area contributed by atoms with Crippen LogP contribution in [0, 0.1) is 0 Å². The zero-order chi connectivity index (χ0) is 54.2. The topological polar surface area (TPSA) is 9.72 Å². The minimum atomic E-state index is -0.125. The Hall–Kier alpha value is -5.78. The molecule has 15 rings (SSSR count). The Balaban J connectivity index is 1.13. The van der Waals surface area contributed by atoms with Crippen LogP contribution in [0.3, 0.4) is 0 Å². The fourth-order valence-electron chi connectivity index (χ4n) is 17.9. The molecular weight excluding hydrogens is 962 g/mol. The van der Waals surface area contributed by atoms with Crippen molar-refractivity contribution in [3.8, 4) is 0 Å². The number of para-hydroxylation sites is 1. The van der Waals surface area contributed by atoms with E-state index in [9.17, 15) is 0 Å². The van der Waals surface area contributed by atoms with Gasteiger partial charge in [0.05, 0.1) is 11.2 Å². The smallest absolute Gasteiger partial charge is 0.252 e. The third-order valence-electron chi connectivity index (χ3n) is 22.5. The largest absolute Gasteiger partial charge is 0.334 e. The van der Waals surface area contributed by atoms with Crippen LogP contribution in [0.2, 0.25) is 0 Å². The van der Waals surface area contributed by atoms with Crippen molar-refractivity contribution in [2.24, 2.45) is 0 Å². The van der Waals surface area contributed by atoms with Crippen LogP contribution in [0.25, 0.3) is 20.2 Å². The summed E-state index contributed by atoms with van der Waals surface area (Å²) in [5.74, 6) is 0. The highest BCUT2D eigenvalue weighted by Gasteiger charge is 2.58. The van der Waals surface area contributed by atoms with E-state index in [-0.39, 0.29) is 50.2 Å². The van der Waals surface area contributed by atoms with Gasteiger partial charge in [-0.2, -0.15) is 0 Å². The lowest BCUT2D eigenvalue weighted by molar-refractivity contribution is 0.195. The molecule has 396 valence electrons. The first kappa shape index (κ1) is 49.3. The molecule has 1 aromatic heterocycles. The van der Waals surface area contributed by atoms with E-state index in [0.717, 1.165) is 12.8 Å². The quantitative estimate of drug-likeness (QED) is 0.163. The molecule has 1 fully saturated rings. The van der Waals surface area contributed by atoms with Gasteiger partial charge in [-0.25, -0.2) is 0 Å². The van der Waals surface area contributed by atoms with Crippen LogP contribution in [0.4, 0.5) is 45.5 Å². The highest BCUT2D eigenvalue weighted by molar-refractivity contribution is 7.26. The van der Waals surface area contributed by atoms with Crippen LogP contribution in [0.15, 0.2) is 121 Å². The van der Waals surface area contributed by atoms with E-state index in [1.807, 2.05) is 11.3 Å². The zero-order valence-corrected chi connectivity index (χ0v) is 50.1. The maximum Gasteiger partial charge on any atom is 0.252 e. The van der Waals surface area contributed by atoms with E-state index in [0.29, 0.717) is 0 Å². The Bertz CT molecular complexity index is 3940. The van der Waals surface area contributed by atoms with Crippen LogP contribution in [0.1, 0.15) is 194 Å². The van der Waals surface area contributed by atoms with E-state index in [1.54, 1.807) is 0 Å². The number of hydrogen-bond acceptors (Lipinski definition) is 4. The third-order valence-corrected chi connectivity index (χ3v) is 23.6. The second-order valence-electron chi connectivity index (χ2n) is 30.0. The van der Waals surface area contributed by atoms with Crippen molar-refractivity contribution >= 4 is 100 Å². The predicted molar refractivity (Wildman–Crippen MR) is 337 cm³/mol. The SMILES string of the molecule is CC1(C)CCC(C)(C)c2cc(N3c4cc5c(cc4B4c6cc7c(cc6N(c6cccc8sc9ccccc9c68)c6cc(N8c9ccccc9C9(C)CCCCC89C)cc3c64)C(C)(C)CC7(C)C)C(C)(C)CCC5(C)C)ccc21. The van der Waals surface area contributed by atoms with Crippen LogP contribution < -0.4 is 31.1 Å². The van der Waals surface area contributed by atoms with Crippen molar-refractivity contribution in [1.82, 2.24) is 0 Å². The molecule has 3 aliphatic heterocycles. The van der Waals surface area contributed by atoms with Gasteiger partial charge in [-0.1, -0.05) is 164 Å². The summed E-state index contributed by atoms with van der Waals surface area (Å²) in [5, 5.41) is 2.69. The first-order chi connectivity index (χ1) is 36.9. The summed E-state index contributed by atoms with van der Waals surface area (Å²) in [6.45, 7) is 35.4. The first-order valence-electron chi connectivity index (χ1n) is 30.0. The molecule has 7 aromatic carbocycles. The van der Waals surface area contributed by atoms with Crippen LogP contribution in [-0.4, -0.2) is 12.3 Å². The van der Waals surface area contributed by atoms with Crippen LogP contribution in [-0.2, 0) is 37.9 Å². The molecule has 0 N–H and O–H groups in total. The minimum Gasteiger partial charge on any atom is -0.334 e. The number of rotatable bonds is 3. The van der Waals surface area contributed by atoms with Gasteiger partial charge in [-0.05, 0) is 200 Å². The molecule has 0 amide bonds. The lowest BCUT2D eigenvalue weighted by Gasteiger charge is -2.51. The van der Waals surface area contributed by atoms with Gasteiger partial charge in [-0.15, -0.1) is 11.3 Å². The van der Waals surface area contributed by atoms with E-state index < -0.39 is 0 Å². The molecule has 3 nitrogen and oxygen atoms in total. The average molecular weight is 1040 g/mol. The molecule has 5 heteroatoms. The van der Waals surface area contributed by atoms with E-state index in [1.165, 1.54) is 166 Å². The number of hydrogen-bond donors (Lipinski definition) is 0. The van der Waals surface area contributed by atoms with Crippen molar-refractivity contribution in [2.75, 3.05) is 14.7 Å². The van der Waals surface area contributed by atoms with Crippen molar-refractivity contribution in [1.29, 1.82) is 0 Å². The van der Waals surface area contributed by atoms with Crippen molar-refractivity contribution in [2.45, 2.75) is 198 Å². The number of fused-ring (bicyclic) bond motifs is 13. The predicted octanol–water partition coefficient (Wildman–Crippen LogP) is 18.5. The second-order valence-corrected chi connectivity index (χ2v) is 31.1. The van der Waals surface area contributed by atoms with Gasteiger partial charge in [0.25, 0.3) is 6.71 Å². The second kappa shape index (κ2) is 15.6. The zero-order valence-electron chi connectivity index (χ0n) is 49.2. The molecule has 2 unspecified atom stereocenters. The fourth-order valence-corrected chi connectivity index (χ4v) is 19.1.